The molecule has 0 aliphatic carbocycles. The van der Waals surface area contributed by atoms with Crippen LogP contribution in [0.5, 0.6) is 5.75 Å². The van der Waals surface area contributed by atoms with Gasteiger partial charge in [0.15, 0.2) is 5.69 Å². The zero-order valence-electron chi connectivity index (χ0n) is 22.6. The highest BCUT2D eigenvalue weighted by molar-refractivity contribution is 5.86. The second-order valence-electron chi connectivity index (χ2n) is 9.90. The van der Waals surface area contributed by atoms with Crippen molar-refractivity contribution in [3.63, 3.8) is 0 Å². The number of hydrogen-bond acceptors (Lipinski definition) is 8. The molecule has 2 saturated heterocycles. The SMILES string of the molecule is COC(=O)c1cn([C@@H]2C[C@@H](C(=O)N3CCN(c4ccc(F)cc4)CC3)N(CC=Cc3ccc(OC)cc3)C2)nn1. The van der Waals surface area contributed by atoms with Gasteiger partial charge in [0.05, 0.1) is 32.5 Å². The van der Waals surface area contributed by atoms with Gasteiger partial charge in [-0.3, -0.25) is 9.69 Å². The number of amides is 1. The lowest BCUT2D eigenvalue weighted by Crippen LogP contribution is -2.53. The fourth-order valence-corrected chi connectivity index (χ4v) is 5.27. The Morgan fingerprint density at radius 2 is 1.75 bits per heavy atom. The molecule has 5 rings (SSSR count). The lowest BCUT2D eigenvalue weighted by Gasteiger charge is -2.38. The van der Waals surface area contributed by atoms with Gasteiger partial charge in [-0.05, 0) is 48.4 Å². The molecule has 2 aliphatic rings. The fourth-order valence-electron chi connectivity index (χ4n) is 5.27. The third-order valence-electron chi connectivity index (χ3n) is 7.49. The number of hydrogen-bond donors (Lipinski definition) is 0. The number of nitrogens with zero attached hydrogens (tertiary/aromatic N) is 6. The number of piperazine rings is 1. The van der Waals surface area contributed by atoms with Gasteiger partial charge < -0.3 is 19.3 Å². The third kappa shape index (κ3) is 6.15. The fraction of sp³-hybridized carbons (Fsp3) is 0.379. The van der Waals surface area contributed by atoms with E-state index in [1.807, 2.05) is 35.2 Å². The van der Waals surface area contributed by atoms with Crippen molar-refractivity contribution >= 4 is 23.6 Å². The monoisotopic (exact) mass is 548 g/mol. The lowest BCUT2D eigenvalue weighted by molar-refractivity contribution is -0.136. The first-order valence-corrected chi connectivity index (χ1v) is 13.3. The van der Waals surface area contributed by atoms with E-state index >= 15 is 0 Å². The molecule has 10 nitrogen and oxygen atoms in total. The summed E-state index contributed by atoms with van der Waals surface area (Å²) in [5.41, 5.74) is 2.13. The molecule has 2 fully saturated rings. The molecule has 0 radical (unpaired) electrons. The van der Waals surface area contributed by atoms with Crippen LogP contribution < -0.4 is 9.64 Å². The van der Waals surface area contributed by atoms with Crippen LogP contribution in [0.4, 0.5) is 10.1 Å². The van der Waals surface area contributed by atoms with Crippen LogP contribution in [0.1, 0.15) is 28.5 Å². The molecular weight excluding hydrogens is 515 g/mol. The van der Waals surface area contributed by atoms with Crippen LogP contribution >= 0.6 is 0 Å². The number of likely N-dealkylation sites (tertiary alicyclic amines) is 1. The van der Waals surface area contributed by atoms with Gasteiger partial charge in [0.2, 0.25) is 5.91 Å². The van der Waals surface area contributed by atoms with Crippen molar-refractivity contribution in [1.82, 2.24) is 24.8 Å². The molecule has 40 heavy (non-hydrogen) atoms. The number of methoxy groups -OCH3 is 2. The van der Waals surface area contributed by atoms with E-state index < -0.39 is 5.97 Å². The van der Waals surface area contributed by atoms with Crippen molar-refractivity contribution in [2.45, 2.75) is 18.5 Å². The Bertz CT molecular complexity index is 1340. The minimum atomic E-state index is -0.546. The minimum Gasteiger partial charge on any atom is -0.497 e. The summed E-state index contributed by atoms with van der Waals surface area (Å²) in [5, 5.41) is 8.10. The van der Waals surface area contributed by atoms with Gasteiger partial charge >= 0.3 is 5.97 Å². The highest BCUT2D eigenvalue weighted by Crippen LogP contribution is 2.29. The highest BCUT2D eigenvalue weighted by Gasteiger charge is 2.40. The number of aromatic nitrogens is 3. The maximum absolute atomic E-state index is 13.8. The molecule has 0 bridgehead atoms. The molecule has 0 spiro atoms. The number of ether oxygens (including phenoxy) is 2. The number of rotatable bonds is 8. The molecule has 0 N–H and O–H groups in total. The summed E-state index contributed by atoms with van der Waals surface area (Å²) in [4.78, 5) is 31.9. The minimum absolute atomic E-state index is 0.0763. The first-order valence-electron chi connectivity index (χ1n) is 13.3. The Hall–Kier alpha value is -4.25. The van der Waals surface area contributed by atoms with Gasteiger partial charge in [0, 0.05) is 45.0 Å². The van der Waals surface area contributed by atoms with E-state index in [1.54, 1.807) is 30.1 Å². The van der Waals surface area contributed by atoms with Crippen LogP contribution in [0.3, 0.4) is 0 Å². The van der Waals surface area contributed by atoms with Gasteiger partial charge in [-0.25, -0.2) is 13.9 Å². The van der Waals surface area contributed by atoms with Crippen molar-refractivity contribution in [1.29, 1.82) is 0 Å². The number of benzene rings is 2. The van der Waals surface area contributed by atoms with Crippen LogP contribution in [0.2, 0.25) is 0 Å². The van der Waals surface area contributed by atoms with Crippen LogP contribution in [0.25, 0.3) is 6.08 Å². The molecule has 1 amide bonds. The maximum Gasteiger partial charge on any atom is 0.360 e. The number of esters is 1. The van der Waals surface area contributed by atoms with Gasteiger partial charge in [0.1, 0.15) is 11.6 Å². The molecule has 0 saturated carbocycles. The van der Waals surface area contributed by atoms with Crippen molar-refractivity contribution in [3.05, 3.63) is 77.9 Å². The molecule has 11 heteroatoms. The summed E-state index contributed by atoms with van der Waals surface area (Å²) >= 11 is 0. The van der Waals surface area contributed by atoms with E-state index in [1.165, 1.54) is 19.2 Å². The molecule has 2 aromatic carbocycles. The first kappa shape index (κ1) is 27.3. The van der Waals surface area contributed by atoms with Crippen LogP contribution in [-0.4, -0.2) is 96.2 Å². The Balaban J connectivity index is 1.28. The van der Waals surface area contributed by atoms with Gasteiger partial charge in [-0.2, -0.15) is 0 Å². The lowest BCUT2D eigenvalue weighted by atomic mass is 10.1. The summed E-state index contributed by atoms with van der Waals surface area (Å²) in [6.07, 6.45) is 6.21. The van der Waals surface area contributed by atoms with Crippen molar-refractivity contribution < 1.29 is 23.5 Å². The Labute approximate surface area is 232 Å². The number of anilines is 1. The molecule has 210 valence electrons. The quantitative estimate of drug-likeness (QED) is 0.397. The average molecular weight is 549 g/mol. The predicted octanol–water partition coefficient (Wildman–Crippen LogP) is 2.89. The third-order valence-corrected chi connectivity index (χ3v) is 7.49. The number of carbonyl (C=O) groups is 2. The van der Waals surface area contributed by atoms with E-state index in [-0.39, 0.29) is 29.5 Å². The predicted molar refractivity (Wildman–Crippen MR) is 148 cm³/mol. The second kappa shape index (κ2) is 12.3. The standard InChI is InChI=1S/C29H33FN6O4/c1-39-25-11-5-21(6-12-25)4-3-13-35-19-24(36-20-26(31-32-36)29(38)40-2)18-27(35)28(37)34-16-14-33(15-17-34)23-9-7-22(30)8-10-23/h3-12,20,24,27H,13-19H2,1-2H3/t24-,27+/m1/s1. The second-order valence-corrected chi connectivity index (χ2v) is 9.90. The molecular formula is C29H33FN6O4. The van der Waals surface area contributed by atoms with Crippen LogP contribution in [0, 0.1) is 5.82 Å². The number of halogens is 1. The molecule has 2 aliphatic heterocycles. The average Bonchev–Trinajstić information content (AvgIpc) is 3.65. The summed E-state index contributed by atoms with van der Waals surface area (Å²) in [7, 11) is 2.94. The summed E-state index contributed by atoms with van der Waals surface area (Å²) < 4.78 is 25.0. The van der Waals surface area contributed by atoms with Crippen molar-refractivity contribution in [2.24, 2.45) is 0 Å². The van der Waals surface area contributed by atoms with E-state index in [9.17, 15) is 14.0 Å². The van der Waals surface area contributed by atoms with Gasteiger partial charge in [-0.15, -0.1) is 5.10 Å². The van der Waals surface area contributed by atoms with E-state index in [0.717, 1.165) is 17.0 Å². The van der Waals surface area contributed by atoms with Crippen molar-refractivity contribution in [3.8, 4) is 5.75 Å². The smallest absolute Gasteiger partial charge is 0.360 e. The van der Waals surface area contributed by atoms with E-state index in [2.05, 4.69) is 26.2 Å². The van der Waals surface area contributed by atoms with E-state index in [0.29, 0.717) is 45.7 Å². The molecule has 3 heterocycles. The maximum atomic E-state index is 13.8. The molecule has 3 aromatic rings. The molecule has 1 aromatic heterocycles. The Morgan fingerprint density at radius 1 is 1.02 bits per heavy atom. The summed E-state index contributed by atoms with van der Waals surface area (Å²) in [6.45, 7) is 3.69. The van der Waals surface area contributed by atoms with Gasteiger partial charge in [-0.1, -0.05) is 29.5 Å². The normalized spacial score (nSPS) is 19.8. The van der Waals surface area contributed by atoms with Crippen molar-refractivity contribution in [2.75, 3.05) is 58.4 Å². The zero-order chi connectivity index (χ0) is 28.1. The first-order chi connectivity index (χ1) is 19.4. The highest BCUT2D eigenvalue weighted by atomic mass is 19.1. The number of carbonyl (C=O) groups excluding carboxylic acids is 2. The van der Waals surface area contributed by atoms with Gasteiger partial charge in [0.25, 0.3) is 0 Å². The topological polar surface area (TPSA) is 93.0 Å². The van der Waals surface area contributed by atoms with Crippen LogP contribution in [-0.2, 0) is 9.53 Å². The Morgan fingerprint density at radius 3 is 2.42 bits per heavy atom. The summed E-state index contributed by atoms with van der Waals surface area (Å²) in [6, 6.07) is 13.8. The Kier molecular flexibility index (Phi) is 8.40. The molecule has 2 atom stereocenters. The van der Waals surface area contributed by atoms with Crippen LogP contribution in [0.15, 0.2) is 60.8 Å². The summed E-state index contributed by atoms with van der Waals surface area (Å²) in [5.74, 6) is 0.0621. The molecule has 0 unspecified atom stereocenters. The zero-order valence-corrected chi connectivity index (χ0v) is 22.6. The largest absolute Gasteiger partial charge is 0.497 e. The van der Waals surface area contributed by atoms with E-state index in [4.69, 9.17) is 9.47 Å².